The quantitative estimate of drug-likeness (QED) is 0.639. The molecule has 1 fully saturated rings. The first-order valence-electron chi connectivity index (χ1n) is 9.03. The predicted octanol–water partition coefficient (Wildman–Crippen LogP) is 2.83. The van der Waals surface area contributed by atoms with Gasteiger partial charge in [0.1, 0.15) is 6.61 Å². The fourth-order valence-electron chi connectivity index (χ4n) is 3.09. The summed E-state index contributed by atoms with van der Waals surface area (Å²) in [6.45, 7) is 4.04. The van der Waals surface area contributed by atoms with E-state index in [0.29, 0.717) is 19.1 Å². The van der Waals surface area contributed by atoms with Crippen LogP contribution in [0.3, 0.4) is 0 Å². The van der Waals surface area contributed by atoms with Gasteiger partial charge in [-0.15, -0.1) is 0 Å². The number of ether oxygens (including phenoxy) is 1. The molecule has 0 aliphatic carbocycles. The molecule has 1 heterocycles. The van der Waals surface area contributed by atoms with Gasteiger partial charge < -0.3 is 20.5 Å². The number of hydrogen-bond acceptors (Lipinski definition) is 4. The second-order valence-corrected chi connectivity index (χ2v) is 6.66. The van der Waals surface area contributed by atoms with E-state index < -0.39 is 0 Å². The second-order valence-electron chi connectivity index (χ2n) is 6.66. The molecule has 2 unspecified atom stereocenters. The van der Waals surface area contributed by atoms with Crippen LogP contribution < -0.4 is 10.6 Å². The average molecular weight is 334 g/mol. The Hall–Kier alpha value is -1.59. The maximum absolute atomic E-state index is 11.6. The molecule has 1 aromatic carbocycles. The molecular formula is C19H30N2O3. The van der Waals surface area contributed by atoms with Gasteiger partial charge >= 0.3 is 6.09 Å². The van der Waals surface area contributed by atoms with Crippen molar-refractivity contribution in [3.63, 3.8) is 0 Å². The number of benzene rings is 1. The topological polar surface area (TPSA) is 70.6 Å². The Morgan fingerprint density at radius 2 is 2.08 bits per heavy atom. The molecule has 3 atom stereocenters. The lowest BCUT2D eigenvalue weighted by molar-refractivity contribution is 0.0460. The summed E-state index contributed by atoms with van der Waals surface area (Å²) >= 11 is 0. The van der Waals surface area contributed by atoms with Gasteiger partial charge in [-0.2, -0.15) is 0 Å². The van der Waals surface area contributed by atoms with Crippen LogP contribution in [0.4, 0.5) is 4.79 Å². The molecular weight excluding hydrogens is 304 g/mol. The molecule has 0 spiro atoms. The minimum atomic E-state index is -0.364. The summed E-state index contributed by atoms with van der Waals surface area (Å²) in [5.41, 5.74) is 0.986. The summed E-state index contributed by atoms with van der Waals surface area (Å²) in [4.78, 5) is 11.6. The number of aliphatic hydroxyl groups excluding tert-OH is 1. The van der Waals surface area contributed by atoms with Crippen LogP contribution in [0.1, 0.15) is 44.6 Å². The molecule has 5 nitrogen and oxygen atoms in total. The zero-order valence-corrected chi connectivity index (χ0v) is 14.5. The van der Waals surface area contributed by atoms with Crippen LogP contribution in [-0.2, 0) is 11.3 Å². The van der Waals surface area contributed by atoms with E-state index >= 15 is 0 Å². The second kappa shape index (κ2) is 10.3. The first-order chi connectivity index (χ1) is 11.7. The highest BCUT2D eigenvalue weighted by atomic mass is 16.5. The number of rotatable bonds is 8. The molecule has 1 aliphatic rings. The third-order valence-electron chi connectivity index (χ3n) is 4.68. The number of aliphatic hydroxyl groups is 1. The van der Waals surface area contributed by atoms with Crippen molar-refractivity contribution < 1.29 is 14.6 Å². The van der Waals surface area contributed by atoms with Crippen molar-refractivity contribution >= 4 is 6.09 Å². The lowest BCUT2D eigenvalue weighted by Crippen LogP contribution is -2.48. The number of alkyl carbamates (subject to hydrolysis) is 1. The minimum Gasteiger partial charge on any atom is -0.445 e. The molecule has 24 heavy (non-hydrogen) atoms. The molecule has 2 rings (SSSR count). The Balaban J connectivity index is 1.48. The Morgan fingerprint density at radius 1 is 1.29 bits per heavy atom. The molecule has 5 heteroatoms. The number of amides is 1. The van der Waals surface area contributed by atoms with Crippen LogP contribution in [-0.4, -0.2) is 36.4 Å². The molecule has 0 bridgehead atoms. The number of piperidine rings is 1. The summed E-state index contributed by atoms with van der Waals surface area (Å²) in [7, 11) is 0. The van der Waals surface area contributed by atoms with Crippen LogP contribution >= 0.6 is 0 Å². The van der Waals surface area contributed by atoms with Crippen LogP contribution in [0.25, 0.3) is 0 Å². The predicted molar refractivity (Wildman–Crippen MR) is 94.7 cm³/mol. The van der Waals surface area contributed by atoms with E-state index in [2.05, 4.69) is 17.6 Å². The molecule has 134 valence electrons. The SMILES string of the molecule is CC1CCN[C@H](CCCCCNC(=O)OCc2ccccc2)C1O. The van der Waals surface area contributed by atoms with Gasteiger partial charge in [0.25, 0.3) is 0 Å². The highest BCUT2D eigenvalue weighted by Gasteiger charge is 2.27. The summed E-state index contributed by atoms with van der Waals surface area (Å²) in [6, 6.07) is 9.87. The zero-order valence-electron chi connectivity index (χ0n) is 14.5. The van der Waals surface area contributed by atoms with Crippen LogP contribution in [0.15, 0.2) is 30.3 Å². The zero-order chi connectivity index (χ0) is 17.2. The molecule has 1 aliphatic heterocycles. The van der Waals surface area contributed by atoms with Crippen molar-refractivity contribution in [1.29, 1.82) is 0 Å². The van der Waals surface area contributed by atoms with Gasteiger partial charge in [0.05, 0.1) is 6.10 Å². The molecule has 3 N–H and O–H groups in total. The molecule has 1 saturated heterocycles. The highest BCUT2D eigenvalue weighted by Crippen LogP contribution is 2.19. The van der Waals surface area contributed by atoms with Gasteiger partial charge in [-0.3, -0.25) is 0 Å². The maximum Gasteiger partial charge on any atom is 0.407 e. The Bertz CT molecular complexity index is 481. The van der Waals surface area contributed by atoms with Crippen LogP contribution in [0.2, 0.25) is 0 Å². The largest absolute Gasteiger partial charge is 0.445 e. The lowest BCUT2D eigenvalue weighted by atomic mass is 9.88. The van der Waals surface area contributed by atoms with Crippen LogP contribution in [0, 0.1) is 5.92 Å². The monoisotopic (exact) mass is 334 g/mol. The normalized spacial score (nSPS) is 23.7. The smallest absolute Gasteiger partial charge is 0.407 e. The Kier molecular flexibility index (Phi) is 8.05. The Morgan fingerprint density at radius 3 is 2.88 bits per heavy atom. The van der Waals surface area contributed by atoms with Crippen molar-refractivity contribution in [2.24, 2.45) is 5.92 Å². The van der Waals surface area contributed by atoms with Crippen molar-refractivity contribution in [2.45, 2.75) is 57.8 Å². The van der Waals surface area contributed by atoms with E-state index in [1.54, 1.807) is 0 Å². The van der Waals surface area contributed by atoms with E-state index in [1.807, 2.05) is 30.3 Å². The summed E-state index contributed by atoms with van der Waals surface area (Å²) in [6.07, 6.45) is 4.47. The van der Waals surface area contributed by atoms with Gasteiger partial charge in [-0.1, -0.05) is 50.1 Å². The number of carbonyl (C=O) groups is 1. The number of hydrogen-bond donors (Lipinski definition) is 3. The van der Waals surface area contributed by atoms with Crippen molar-refractivity contribution in [1.82, 2.24) is 10.6 Å². The van der Waals surface area contributed by atoms with E-state index in [4.69, 9.17) is 4.74 Å². The lowest BCUT2D eigenvalue weighted by Gasteiger charge is -2.34. The van der Waals surface area contributed by atoms with Crippen molar-refractivity contribution in [2.75, 3.05) is 13.1 Å². The molecule has 0 saturated carbocycles. The average Bonchev–Trinajstić information content (AvgIpc) is 2.60. The third kappa shape index (κ3) is 6.49. The molecule has 1 amide bonds. The molecule has 0 aromatic heterocycles. The third-order valence-corrected chi connectivity index (χ3v) is 4.68. The summed E-state index contributed by atoms with van der Waals surface area (Å²) in [5, 5.41) is 16.3. The van der Waals surface area contributed by atoms with Gasteiger partial charge in [0, 0.05) is 12.6 Å². The molecule has 0 radical (unpaired) electrons. The molecule has 1 aromatic rings. The van der Waals surface area contributed by atoms with E-state index in [0.717, 1.165) is 44.2 Å². The fourth-order valence-corrected chi connectivity index (χ4v) is 3.09. The van der Waals surface area contributed by atoms with E-state index in [-0.39, 0.29) is 18.2 Å². The highest BCUT2D eigenvalue weighted by molar-refractivity contribution is 5.67. The fraction of sp³-hybridized carbons (Fsp3) is 0.632. The van der Waals surface area contributed by atoms with Gasteiger partial charge in [0.15, 0.2) is 0 Å². The standard InChI is InChI=1S/C19H30N2O3/c1-15-11-13-20-17(18(15)22)10-6-3-7-12-21-19(23)24-14-16-8-4-2-5-9-16/h2,4-5,8-9,15,17-18,20,22H,3,6-7,10-14H2,1H3,(H,21,23)/t15?,17-,18?/m1/s1. The van der Waals surface area contributed by atoms with E-state index in [9.17, 15) is 9.90 Å². The van der Waals surface area contributed by atoms with Crippen molar-refractivity contribution in [3.8, 4) is 0 Å². The maximum atomic E-state index is 11.6. The van der Waals surface area contributed by atoms with Crippen molar-refractivity contribution in [3.05, 3.63) is 35.9 Å². The number of carbonyl (C=O) groups excluding carboxylic acids is 1. The van der Waals surface area contributed by atoms with Crippen LogP contribution in [0.5, 0.6) is 0 Å². The first-order valence-corrected chi connectivity index (χ1v) is 9.03. The number of nitrogens with one attached hydrogen (secondary N) is 2. The first kappa shape index (κ1) is 18.7. The van der Waals surface area contributed by atoms with Gasteiger partial charge in [-0.25, -0.2) is 4.79 Å². The summed E-state index contributed by atoms with van der Waals surface area (Å²) < 4.78 is 5.16. The number of unbranched alkanes of at least 4 members (excludes halogenated alkanes) is 2. The Labute approximate surface area is 144 Å². The summed E-state index contributed by atoms with van der Waals surface area (Å²) in [5.74, 6) is 0.386. The minimum absolute atomic E-state index is 0.220. The van der Waals surface area contributed by atoms with Gasteiger partial charge in [0.2, 0.25) is 0 Å². The van der Waals surface area contributed by atoms with E-state index in [1.165, 1.54) is 0 Å². The van der Waals surface area contributed by atoms with Gasteiger partial charge in [-0.05, 0) is 37.3 Å².